The van der Waals surface area contributed by atoms with Gasteiger partial charge in [0, 0.05) is 36.4 Å². The predicted octanol–water partition coefficient (Wildman–Crippen LogP) is 8.11. The molecule has 0 bridgehead atoms. The topological polar surface area (TPSA) is 6.48 Å². The average molecular weight is 441 g/mol. The molecular formula is C31H40N2. The maximum Gasteiger partial charge on any atom is 0.0449 e. The van der Waals surface area contributed by atoms with Gasteiger partial charge in [0.1, 0.15) is 0 Å². The van der Waals surface area contributed by atoms with Crippen molar-refractivity contribution in [3.8, 4) is 0 Å². The van der Waals surface area contributed by atoms with E-state index in [2.05, 4.69) is 105 Å². The summed E-state index contributed by atoms with van der Waals surface area (Å²) in [4.78, 5) is 4.87. The van der Waals surface area contributed by atoms with Crippen LogP contribution in [0.1, 0.15) is 66.2 Å². The van der Waals surface area contributed by atoms with E-state index >= 15 is 0 Å². The summed E-state index contributed by atoms with van der Waals surface area (Å²) in [6.07, 6.45) is 30.3. The van der Waals surface area contributed by atoms with E-state index < -0.39 is 0 Å². The Morgan fingerprint density at radius 2 is 1.94 bits per heavy atom. The fourth-order valence-electron chi connectivity index (χ4n) is 4.99. The van der Waals surface area contributed by atoms with Crippen LogP contribution in [0.25, 0.3) is 0 Å². The number of unbranched alkanes of at least 4 members (excludes halogenated alkanes) is 1. The van der Waals surface area contributed by atoms with Crippen molar-refractivity contribution >= 4 is 0 Å². The third-order valence-corrected chi connectivity index (χ3v) is 7.08. The van der Waals surface area contributed by atoms with Crippen molar-refractivity contribution in [2.24, 2.45) is 5.92 Å². The van der Waals surface area contributed by atoms with E-state index in [4.69, 9.17) is 0 Å². The van der Waals surface area contributed by atoms with Crippen molar-refractivity contribution in [1.82, 2.24) is 9.80 Å². The molecule has 1 fully saturated rings. The standard InChI is InChI=1S/C31H40N2/c1-6-9-13-30(25-12-10-11-23(4)14-15-25)32(5)27-18-20-28-29(24-16-17-24)22-26(7-2)33(8-3)31(28)21-19-27/h7,10,12-15,18-19,21-22,24H,6,8-9,11,16-17,20H2,1-5H3/b26-7-,30-13-. The second-order valence-corrected chi connectivity index (χ2v) is 9.54. The minimum Gasteiger partial charge on any atom is -0.345 e. The lowest BCUT2D eigenvalue weighted by atomic mass is 9.91. The van der Waals surface area contributed by atoms with Crippen molar-refractivity contribution in [1.29, 1.82) is 0 Å². The fourth-order valence-corrected chi connectivity index (χ4v) is 4.99. The van der Waals surface area contributed by atoms with Gasteiger partial charge in [0.05, 0.1) is 0 Å². The van der Waals surface area contributed by atoms with Gasteiger partial charge in [-0.05, 0) is 93.7 Å². The van der Waals surface area contributed by atoms with Gasteiger partial charge >= 0.3 is 0 Å². The van der Waals surface area contributed by atoms with E-state index in [9.17, 15) is 0 Å². The van der Waals surface area contributed by atoms with Gasteiger partial charge in [-0.1, -0.05) is 61.4 Å². The van der Waals surface area contributed by atoms with Crippen molar-refractivity contribution in [3.63, 3.8) is 0 Å². The molecule has 1 heterocycles. The Balaban J connectivity index is 1.67. The molecule has 174 valence electrons. The Kier molecular flexibility index (Phi) is 7.42. The monoisotopic (exact) mass is 440 g/mol. The Hall–Kier alpha value is -2.74. The minimum atomic E-state index is 0.751. The van der Waals surface area contributed by atoms with Crippen LogP contribution in [0.2, 0.25) is 0 Å². The third kappa shape index (κ3) is 5.11. The first kappa shape index (κ1) is 23.4. The maximum atomic E-state index is 2.48. The van der Waals surface area contributed by atoms with Gasteiger partial charge in [-0.3, -0.25) is 0 Å². The number of likely N-dealkylation sites (N-methyl/N-ethyl adjacent to an activating group) is 2. The van der Waals surface area contributed by atoms with Crippen LogP contribution in [0, 0.1) is 5.92 Å². The SMILES string of the molecule is C/C=C1/C=C(C2CC2)C2=C(C=CC(N(C)/C(=C\CCC)C3=CC=C(C)CC=C3)=CC2)N1CC. The maximum absolute atomic E-state index is 2.48. The summed E-state index contributed by atoms with van der Waals surface area (Å²) >= 11 is 0. The van der Waals surface area contributed by atoms with Crippen molar-refractivity contribution in [2.45, 2.75) is 66.2 Å². The minimum absolute atomic E-state index is 0.751. The molecule has 0 radical (unpaired) electrons. The Bertz CT molecular complexity index is 1040. The molecule has 0 aromatic carbocycles. The lowest BCUT2D eigenvalue weighted by molar-refractivity contribution is 0.463. The molecule has 4 rings (SSSR count). The highest BCUT2D eigenvalue weighted by Gasteiger charge is 2.33. The first-order valence-electron chi connectivity index (χ1n) is 12.8. The smallest absolute Gasteiger partial charge is 0.0449 e. The molecule has 4 aliphatic rings. The highest BCUT2D eigenvalue weighted by molar-refractivity contribution is 5.55. The van der Waals surface area contributed by atoms with Gasteiger partial charge in [0.25, 0.3) is 0 Å². The second-order valence-electron chi connectivity index (χ2n) is 9.54. The third-order valence-electron chi connectivity index (χ3n) is 7.08. The molecule has 2 heteroatoms. The first-order chi connectivity index (χ1) is 16.1. The molecule has 0 aromatic heterocycles. The van der Waals surface area contributed by atoms with Crippen molar-refractivity contribution in [3.05, 3.63) is 106 Å². The van der Waals surface area contributed by atoms with Gasteiger partial charge in [-0.2, -0.15) is 0 Å². The summed E-state index contributed by atoms with van der Waals surface area (Å²) < 4.78 is 0. The molecule has 0 atom stereocenters. The van der Waals surface area contributed by atoms with Crippen LogP contribution in [0.4, 0.5) is 0 Å². The molecular weight excluding hydrogens is 400 g/mol. The first-order valence-corrected chi connectivity index (χ1v) is 12.8. The fraction of sp³-hybridized carbons (Fsp3) is 0.419. The number of hydrogen-bond acceptors (Lipinski definition) is 2. The highest BCUT2D eigenvalue weighted by atomic mass is 15.2. The molecule has 1 saturated carbocycles. The molecule has 0 amide bonds. The predicted molar refractivity (Wildman–Crippen MR) is 142 cm³/mol. The van der Waals surface area contributed by atoms with Crippen LogP contribution in [-0.4, -0.2) is 23.4 Å². The summed E-state index contributed by atoms with van der Waals surface area (Å²) in [6.45, 7) is 9.88. The molecule has 0 spiro atoms. The summed E-state index contributed by atoms with van der Waals surface area (Å²) in [5.41, 5.74) is 11.1. The number of hydrogen-bond donors (Lipinski definition) is 0. The molecule has 3 aliphatic carbocycles. The van der Waals surface area contributed by atoms with Crippen molar-refractivity contribution in [2.75, 3.05) is 13.6 Å². The Morgan fingerprint density at radius 1 is 1.12 bits per heavy atom. The van der Waals surface area contributed by atoms with Crippen LogP contribution in [0.3, 0.4) is 0 Å². The highest BCUT2D eigenvalue weighted by Crippen LogP contribution is 2.46. The van der Waals surface area contributed by atoms with Gasteiger partial charge in [0.15, 0.2) is 0 Å². The van der Waals surface area contributed by atoms with Gasteiger partial charge in [0.2, 0.25) is 0 Å². The van der Waals surface area contributed by atoms with E-state index in [-0.39, 0.29) is 0 Å². The van der Waals surface area contributed by atoms with Gasteiger partial charge in [-0.25, -0.2) is 0 Å². The van der Waals surface area contributed by atoms with Gasteiger partial charge in [-0.15, -0.1) is 0 Å². The van der Waals surface area contributed by atoms with Crippen LogP contribution < -0.4 is 0 Å². The zero-order chi connectivity index (χ0) is 23.4. The molecule has 33 heavy (non-hydrogen) atoms. The van der Waals surface area contributed by atoms with E-state index in [1.165, 1.54) is 52.3 Å². The van der Waals surface area contributed by atoms with Crippen LogP contribution in [-0.2, 0) is 0 Å². The average Bonchev–Trinajstić information content (AvgIpc) is 3.68. The zero-order valence-corrected chi connectivity index (χ0v) is 21.2. The number of nitrogens with zero attached hydrogens (tertiary/aromatic N) is 2. The van der Waals surface area contributed by atoms with Crippen LogP contribution >= 0.6 is 0 Å². The van der Waals surface area contributed by atoms with Crippen molar-refractivity contribution < 1.29 is 0 Å². The summed E-state index contributed by atoms with van der Waals surface area (Å²) in [5, 5.41) is 0. The summed E-state index contributed by atoms with van der Waals surface area (Å²) in [5.74, 6) is 0.751. The summed E-state index contributed by atoms with van der Waals surface area (Å²) in [6, 6.07) is 0. The van der Waals surface area contributed by atoms with Crippen LogP contribution in [0.5, 0.6) is 0 Å². The lowest BCUT2D eigenvalue weighted by Gasteiger charge is -2.33. The van der Waals surface area contributed by atoms with E-state index in [0.717, 1.165) is 38.1 Å². The molecule has 0 saturated heterocycles. The molecule has 0 unspecified atom stereocenters. The number of rotatable bonds is 7. The normalized spacial score (nSPS) is 22.4. The Morgan fingerprint density at radius 3 is 2.64 bits per heavy atom. The van der Waals surface area contributed by atoms with Gasteiger partial charge < -0.3 is 9.80 Å². The zero-order valence-electron chi connectivity index (χ0n) is 21.2. The number of allylic oxidation sites excluding steroid dienone is 13. The molecule has 0 aromatic rings. The Labute approximate surface area is 201 Å². The second kappa shape index (κ2) is 10.5. The van der Waals surface area contributed by atoms with E-state index in [1.54, 1.807) is 5.57 Å². The van der Waals surface area contributed by atoms with E-state index in [1.807, 2.05) is 0 Å². The van der Waals surface area contributed by atoms with E-state index in [0.29, 0.717) is 0 Å². The molecule has 2 nitrogen and oxygen atoms in total. The quantitative estimate of drug-likeness (QED) is 0.394. The largest absolute Gasteiger partial charge is 0.345 e. The summed E-state index contributed by atoms with van der Waals surface area (Å²) in [7, 11) is 2.23. The molecule has 0 N–H and O–H groups in total. The lowest BCUT2D eigenvalue weighted by Crippen LogP contribution is -2.25. The molecule has 1 aliphatic heterocycles. The van der Waals surface area contributed by atoms with Crippen LogP contribution in [0.15, 0.2) is 106 Å².